The first kappa shape index (κ1) is 31.5. The number of carbonyl (C=O) groups excluding carboxylic acids is 1. The molecule has 15 heteroatoms. The monoisotopic (exact) mass is 490 g/mol. The maximum absolute atomic E-state index is 10.7. The van der Waals surface area contributed by atoms with Crippen LogP contribution >= 0.6 is 0 Å². The van der Waals surface area contributed by atoms with Gasteiger partial charge in [-0.25, -0.2) is 0 Å². The molecule has 15 nitrogen and oxygen atoms in total. The molecule has 0 aromatic rings. The highest BCUT2D eigenvalue weighted by molar-refractivity contribution is 5.68. The third-order valence-corrected chi connectivity index (χ3v) is 4.58. The standard InChI is InChI=1S/C8H14O7.C6H12O6.C4H8O2/c1-4(11)14-8(3-10)7(13)6(12)5(2-9)15-8;7-1-2-3(8)4(9)5(10)6(11)12-2;1-3(2)4(5)6/h5-7,9-10,12-13H,2-3H2,1H3;2-11H,1H2;3H,1-2H3,(H,5,6)/t5-,6-,7+,8+;2-,3-,4+,5-,6?;/m11./s1. The Morgan fingerprint density at radius 3 is 1.70 bits per heavy atom. The topological polar surface area (TPSA) is 264 Å². The molecule has 2 rings (SSSR count). The van der Waals surface area contributed by atoms with Gasteiger partial charge < -0.3 is 65.3 Å². The highest BCUT2D eigenvalue weighted by Gasteiger charge is 2.56. The number of hydrogen-bond acceptors (Lipinski definition) is 14. The Balaban J connectivity index is 0.000000509. The average Bonchev–Trinajstić information content (AvgIpc) is 3.00. The lowest BCUT2D eigenvalue weighted by Crippen LogP contribution is -2.58. The molecular weight excluding hydrogens is 456 g/mol. The first-order valence-electron chi connectivity index (χ1n) is 9.85. The number of hydrogen-bond donors (Lipinski definition) is 10. The van der Waals surface area contributed by atoms with Gasteiger partial charge >= 0.3 is 11.9 Å². The van der Waals surface area contributed by atoms with E-state index in [0.717, 1.165) is 6.92 Å². The highest BCUT2D eigenvalue weighted by atomic mass is 16.8. The van der Waals surface area contributed by atoms with Crippen LogP contribution in [0.3, 0.4) is 0 Å². The molecule has 2 saturated heterocycles. The van der Waals surface area contributed by atoms with Gasteiger partial charge in [-0.15, -0.1) is 0 Å². The largest absolute Gasteiger partial charge is 0.481 e. The van der Waals surface area contributed by atoms with Crippen LogP contribution in [-0.4, -0.2) is 138 Å². The van der Waals surface area contributed by atoms with E-state index in [2.05, 4.69) is 9.47 Å². The van der Waals surface area contributed by atoms with Crippen molar-refractivity contribution in [1.82, 2.24) is 0 Å². The minimum absolute atomic E-state index is 0.231. The second-order valence-corrected chi connectivity index (χ2v) is 7.55. The van der Waals surface area contributed by atoms with Crippen molar-refractivity contribution in [3.8, 4) is 0 Å². The quantitative estimate of drug-likeness (QED) is 0.161. The normalized spacial score (nSPS) is 38.0. The summed E-state index contributed by atoms with van der Waals surface area (Å²) < 4.78 is 14.1. The Morgan fingerprint density at radius 2 is 1.36 bits per heavy atom. The summed E-state index contributed by atoms with van der Waals surface area (Å²) in [6, 6.07) is 0. The molecule has 33 heavy (non-hydrogen) atoms. The van der Waals surface area contributed by atoms with E-state index in [1.807, 2.05) is 0 Å². The molecule has 196 valence electrons. The molecule has 0 amide bonds. The maximum atomic E-state index is 10.7. The SMILES string of the molecule is CC(=O)O[C@@]1(CO)O[C@H](CO)[C@@H](O)[C@@H]1O.CC(C)C(=O)O.OC[C@H]1OC(O)[C@H](O)[C@@H](O)[C@@H]1O. The van der Waals surface area contributed by atoms with E-state index in [1.54, 1.807) is 13.8 Å². The van der Waals surface area contributed by atoms with Crippen molar-refractivity contribution in [2.75, 3.05) is 19.8 Å². The molecule has 9 atom stereocenters. The third-order valence-electron chi connectivity index (χ3n) is 4.58. The zero-order valence-electron chi connectivity index (χ0n) is 18.3. The summed E-state index contributed by atoms with van der Waals surface area (Å²) in [7, 11) is 0. The van der Waals surface area contributed by atoms with Gasteiger partial charge in [0, 0.05) is 6.92 Å². The van der Waals surface area contributed by atoms with Gasteiger partial charge in [-0.3, -0.25) is 9.59 Å². The lowest BCUT2D eigenvalue weighted by molar-refractivity contribution is -0.286. The minimum atomic E-state index is -1.99. The molecule has 2 fully saturated rings. The van der Waals surface area contributed by atoms with Gasteiger partial charge in [-0.1, -0.05) is 13.8 Å². The Morgan fingerprint density at radius 1 is 0.879 bits per heavy atom. The van der Waals surface area contributed by atoms with Crippen molar-refractivity contribution >= 4 is 11.9 Å². The van der Waals surface area contributed by atoms with Crippen molar-refractivity contribution in [3.63, 3.8) is 0 Å². The third kappa shape index (κ3) is 8.66. The summed E-state index contributed by atoms with van der Waals surface area (Å²) in [5.74, 6) is -3.73. The molecule has 0 aromatic carbocycles. The highest BCUT2D eigenvalue weighted by Crippen LogP contribution is 2.32. The molecule has 0 aromatic heterocycles. The van der Waals surface area contributed by atoms with E-state index in [-0.39, 0.29) is 5.92 Å². The van der Waals surface area contributed by atoms with Crippen LogP contribution in [0.1, 0.15) is 20.8 Å². The van der Waals surface area contributed by atoms with Crippen LogP contribution in [-0.2, 0) is 23.8 Å². The summed E-state index contributed by atoms with van der Waals surface area (Å²) in [6.07, 6.45) is -11.1. The molecular formula is C18H34O15. The van der Waals surface area contributed by atoms with Gasteiger partial charge in [-0.05, 0) is 0 Å². The second kappa shape index (κ2) is 14.0. The fourth-order valence-corrected chi connectivity index (χ4v) is 2.58. The Labute approximate surface area is 189 Å². The van der Waals surface area contributed by atoms with Gasteiger partial charge in [0.1, 0.15) is 43.2 Å². The Kier molecular flexibility index (Phi) is 13.4. The summed E-state index contributed by atoms with van der Waals surface area (Å²) in [6.45, 7) is 2.47. The fraction of sp³-hybridized carbons (Fsp3) is 0.889. The predicted octanol–water partition coefficient (Wildman–Crippen LogP) is -5.14. The number of esters is 1. The number of ether oxygens (including phenoxy) is 3. The number of aliphatic carboxylic acids is 1. The summed E-state index contributed by atoms with van der Waals surface area (Å²) in [4.78, 5) is 20.4. The van der Waals surface area contributed by atoms with Crippen molar-refractivity contribution < 1.29 is 74.9 Å². The number of carboxylic acids is 1. The molecule has 2 heterocycles. The summed E-state index contributed by atoms with van der Waals surface area (Å²) in [5, 5.41) is 89.4. The summed E-state index contributed by atoms with van der Waals surface area (Å²) in [5.41, 5.74) is 0. The lowest BCUT2D eigenvalue weighted by Gasteiger charge is -2.37. The van der Waals surface area contributed by atoms with Crippen LogP contribution in [0.15, 0.2) is 0 Å². The first-order chi connectivity index (χ1) is 15.2. The molecule has 10 N–H and O–H groups in total. The van der Waals surface area contributed by atoms with Crippen LogP contribution in [0.25, 0.3) is 0 Å². The van der Waals surface area contributed by atoms with E-state index >= 15 is 0 Å². The van der Waals surface area contributed by atoms with Crippen LogP contribution in [0.5, 0.6) is 0 Å². The van der Waals surface area contributed by atoms with Gasteiger partial charge in [0.2, 0.25) is 0 Å². The Bertz CT molecular complexity index is 597. The first-order valence-corrected chi connectivity index (χ1v) is 9.85. The van der Waals surface area contributed by atoms with Gasteiger partial charge in [-0.2, -0.15) is 0 Å². The molecule has 2 aliphatic heterocycles. The zero-order valence-corrected chi connectivity index (χ0v) is 18.3. The lowest BCUT2D eigenvalue weighted by atomic mass is 10.00. The van der Waals surface area contributed by atoms with E-state index in [4.69, 9.17) is 45.6 Å². The van der Waals surface area contributed by atoms with E-state index in [0.29, 0.717) is 0 Å². The van der Waals surface area contributed by atoms with Crippen molar-refractivity contribution in [1.29, 1.82) is 0 Å². The minimum Gasteiger partial charge on any atom is -0.481 e. The molecule has 0 radical (unpaired) electrons. The van der Waals surface area contributed by atoms with E-state index in [9.17, 15) is 19.8 Å². The number of carboxylic acid groups (broad SMARTS) is 1. The molecule has 0 bridgehead atoms. The number of rotatable bonds is 5. The predicted molar refractivity (Wildman–Crippen MR) is 104 cm³/mol. The maximum Gasteiger partial charge on any atom is 0.305 e. The number of aliphatic hydroxyl groups excluding tert-OH is 9. The smallest absolute Gasteiger partial charge is 0.305 e. The second-order valence-electron chi connectivity index (χ2n) is 7.55. The van der Waals surface area contributed by atoms with Crippen LogP contribution in [0.2, 0.25) is 0 Å². The number of aliphatic hydroxyl groups is 9. The van der Waals surface area contributed by atoms with Gasteiger partial charge in [0.15, 0.2) is 12.4 Å². The fourth-order valence-electron chi connectivity index (χ4n) is 2.58. The van der Waals surface area contributed by atoms with Crippen LogP contribution in [0, 0.1) is 5.92 Å². The molecule has 1 unspecified atom stereocenters. The van der Waals surface area contributed by atoms with Crippen molar-refractivity contribution in [2.24, 2.45) is 5.92 Å². The van der Waals surface area contributed by atoms with Crippen LogP contribution in [0.4, 0.5) is 0 Å². The Hall–Kier alpha value is -1.50. The number of carbonyl (C=O) groups is 2. The molecule has 0 saturated carbocycles. The van der Waals surface area contributed by atoms with E-state index < -0.39 is 86.6 Å². The van der Waals surface area contributed by atoms with Gasteiger partial charge in [0.05, 0.1) is 19.1 Å². The van der Waals surface area contributed by atoms with Gasteiger partial charge in [0.25, 0.3) is 5.79 Å². The average molecular weight is 490 g/mol. The zero-order chi connectivity index (χ0) is 26.1. The summed E-state index contributed by atoms with van der Waals surface area (Å²) >= 11 is 0. The molecule has 2 aliphatic rings. The molecule has 0 spiro atoms. The van der Waals surface area contributed by atoms with E-state index in [1.165, 1.54) is 0 Å². The van der Waals surface area contributed by atoms with Crippen molar-refractivity contribution in [3.05, 3.63) is 0 Å². The van der Waals surface area contributed by atoms with Crippen molar-refractivity contribution in [2.45, 2.75) is 75.6 Å². The molecule has 0 aliphatic carbocycles. The van der Waals surface area contributed by atoms with Crippen LogP contribution < -0.4 is 0 Å².